The minimum Gasteiger partial charge on any atom is -0.353 e. The maximum absolute atomic E-state index is 13.8. The van der Waals surface area contributed by atoms with Crippen molar-refractivity contribution in [3.05, 3.63) is 41.0 Å². The van der Waals surface area contributed by atoms with Gasteiger partial charge < -0.3 is 4.90 Å². The van der Waals surface area contributed by atoms with Crippen molar-refractivity contribution >= 4 is 27.2 Å². The lowest BCUT2D eigenvalue weighted by atomic mass is 10.3. The maximum atomic E-state index is 13.8. The SMILES string of the molecule is O=S(=O)(c1ccsc1)N1CCCN(c2ncccc2F)CC1. The molecule has 0 amide bonds. The normalized spacial score (nSPS) is 17.4. The average molecular weight is 341 g/mol. The summed E-state index contributed by atoms with van der Waals surface area (Å²) in [4.78, 5) is 6.20. The molecule has 0 aliphatic carbocycles. The van der Waals surface area contributed by atoms with Gasteiger partial charge in [0.25, 0.3) is 0 Å². The van der Waals surface area contributed by atoms with Crippen LogP contribution in [0.3, 0.4) is 0 Å². The highest BCUT2D eigenvalue weighted by atomic mass is 32.2. The summed E-state index contributed by atoms with van der Waals surface area (Å²) < 4.78 is 40.4. The molecule has 1 saturated heterocycles. The number of pyridine rings is 1. The van der Waals surface area contributed by atoms with Crippen molar-refractivity contribution in [1.29, 1.82) is 0 Å². The molecule has 0 spiro atoms. The van der Waals surface area contributed by atoms with Crippen LogP contribution in [0, 0.1) is 5.82 Å². The summed E-state index contributed by atoms with van der Waals surface area (Å²) in [7, 11) is -3.45. The summed E-state index contributed by atoms with van der Waals surface area (Å²) in [6.07, 6.45) is 2.18. The van der Waals surface area contributed by atoms with E-state index in [1.54, 1.807) is 34.0 Å². The predicted molar refractivity (Wildman–Crippen MR) is 84.1 cm³/mol. The highest BCUT2D eigenvalue weighted by Crippen LogP contribution is 2.22. The Labute approximate surface area is 133 Å². The van der Waals surface area contributed by atoms with Gasteiger partial charge in [-0.25, -0.2) is 17.8 Å². The van der Waals surface area contributed by atoms with Crippen LogP contribution in [0.1, 0.15) is 6.42 Å². The molecule has 0 saturated carbocycles. The van der Waals surface area contributed by atoms with Gasteiger partial charge in [0.15, 0.2) is 11.6 Å². The highest BCUT2D eigenvalue weighted by Gasteiger charge is 2.28. The standard InChI is InChI=1S/C14H16FN3O2S2/c15-13-3-1-5-16-14(13)17-6-2-7-18(9-8-17)22(19,20)12-4-10-21-11-12/h1,3-5,10-11H,2,6-9H2. The van der Waals surface area contributed by atoms with Gasteiger partial charge in [-0.15, -0.1) is 0 Å². The number of aromatic nitrogens is 1. The summed E-state index contributed by atoms with van der Waals surface area (Å²) >= 11 is 1.36. The molecule has 0 bridgehead atoms. The first-order valence-corrected chi connectivity index (χ1v) is 9.35. The van der Waals surface area contributed by atoms with Gasteiger partial charge in [0.05, 0.1) is 4.90 Å². The first-order valence-electron chi connectivity index (χ1n) is 6.97. The van der Waals surface area contributed by atoms with Gasteiger partial charge >= 0.3 is 0 Å². The molecule has 3 heterocycles. The largest absolute Gasteiger partial charge is 0.353 e. The summed E-state index contributed by atoms with van der Waals surface area (Å²) in [5, 5.41) is 3.39. The minimum absolute atomic E-state index is 0.289. The molecule has 2 aromatic heterocycles. The van der Waals surface area contributed by atoms with Crippen molar-refractivity contribution in [3.8, 4) is 0 Å². The first-order chi connectivity index (χ1) is 10.6. The van der Waals surface area contributed by atoms with Crippen LogP contribution in [0.2, 0.25) is 0 Å². The number of hydrogen-bond acceptors (Lipinski definition) is 5. The second-order valence-electron chi connectivity index (χ2n) is 5.01. The zero-order valence-electron chi connectivity index (χ0n) is 11.9. The molecule has 22 heavy (non-hydrogen) atoms. The van der Waals surface area contributed by atoms with Gasteiger partial charge in [0, 0.05) is 37.8 Å². The number of rotatable bonds is 3. The van der Waals surface area contributed by atoms with Crippen molar-refractivity contribution in [3.63, 3.8) is 0 Å². The molecule has 0 aromatic carbocycles. The molecule has 118 valence electrons. The molecular weight excluding hydrogens is 325 g/mol. The summed E-state index contributed by atoms with van der Waals surface area (Å²) in [5.41, 5.74) is 0. The number of sulfonamides is 1. The summed E-state index contributed by atoms with van der Waals surface area (Å²) in [6, 6.07) is 4.53. The van der Waals surface area contributed by atoms with E-state index in [0.29, 0.717) is 37.5 Å². The van der Waals surface area contributed by atoms with Gasteiger partial charge in [-0.2, -0.15) is 15.6 Å². The topological polar surface area (TPSA) is 53.5 Å². The van der Waals surface area contributed by atoms with Gasteiger partial charge in [-0.1, -0.05) is 0 Å². The number of thiophene rings is 1. The lowest BCUT2D eigenvalue weighted by molar-refractivity contribution is 0.433. The molecule has 1 aliphatic rings. The Balaban J connectivity index is 1.77. The van der Waals surface area contributed by atoms with Gasteiger partial charge in [-0.3, -0.25) is 0 Å². The molecule has 2 aromatic rings. The van der Waals surface area contributed by atoms with Crippen LogP contribution in [-0.4, -0.2) is 43.9 Å². The Morgan fingerprint density at radius 1 is 1.18 bits per heavy atom. The molecule has 1 aliphatic heterocycles. The van der Waals surface area contributed by atoms with E-state index in [-0.39, 0.29) is 11.6 Å². The van der Waals surface area contributed by atoms with Crippen LogP contribution in [0.25, 0.3) is 0 Å². The van der Waals surface area contributed by atoms with E-state index in [2.05, 4.69) is 4.98 Å². The smallest absolute Gasteiger partial charge is 0.243 e. The third-order valence-corrected chi connectivity index (χ3v) is 6.35. The Hall–Kier alpha value is -1.51. The fraction of sp³-hybridized carbons (Fsp3) is 0.357. The molecule has 3 rings (SSSR count). The molecule has 5 nitrogen and oxygen atoms in total. The van der Waals surface area contributed by atoms with Gasteiger partial charge in [0.2, 0.25) is 10.0 Å². The van der Waals surface area contributed by atoms with Crippen molar-refractivity contribution < 1.29 is 12.8 Å². The maximum Gasteiger partial charge on any atom is 0.243 e. The van der Waals surface area contributed by atoms with E-state index >= 15 is 0 Å². The first kappa shape index (κ1) is 15.4. The third kappa shape index (κ3) is 2.99. The molecule has 0 radical (unpaired) electrons. The molecule has 0 unspecified atom stereocenters. The molecular formula is C14H16FN3O2S2. The fourth-order valence-corrected chi connectivity index (χ4v) is 4.99. The van der Waals surface area contributed by atoms with E-state index in [4.69, 9.17) is 0 Å². The molecule has 0 atom stereocenters. The van der Waals surface area contributed by atoms with Crippen LogP contribution in [0.4, 0.5) is 10.2 Å². The fourth-order valence-electron chi connectivity index (χ4n) is 2.50. The Morgan fingerprint density at radius 2 is 2.05 bits per heavy atom. The Morgan fingerprint density at radius 3 is 2.77 bits per heavy atom. The quantitative estimate of drug-likeness (QED) is 0.859. The highest BCUT2D eigenvalue weighted by molar-refractivity contribution is 7.89. The molecule has 0 N–H and O–H groups in total. The second-order valence-corrected chi connectivity index (χ2v) is 7.73. The van der Waals surface area contributed by atoms with Crippen LogP contribution in [0.15, 0.2) is 40.1 Å². The van der Waals surface area contributed by atoms with Gasteiger partial charge in [-0.05, 0) is 30.0 Å². The zero-order chi connectivity index (χ0) is 15.6. The predicted octanol–water partition coefficient (Wildman–Crippen LogP) is 2.18. The van der Waals surface area contributed by atoms with Crippen molar-refractivity contribution in [1.82, 2.24) is 9.29 Å². The number of anilines is 1. The Bertz CT molecular complexity index is 734. The van der Waals surface area contributed by atoms with Crippen molar-refractivity contribution in [2.75, 3.05) is 31.1 Å². The lowest BCUT2D eigenvalue weighted by Crippen LogP contribution is -2.35. The van der Waals surface area contributed by atoms with E-state index in [1.165, 1.54) is 21.7 Å². The second kappa shape index (κ2) is 6.31. The lowest BCUT2D eigenvalue weighted by Gasteiger charge is -2.22. The third-order valence-electron chi connectivity index (χ3n) is 3.63. The van der Waals surface area contributed by atoms with E-state index in [0.717, 1.165) is 0 Å². The summed E-state index contributed by atoms with van der Waals surface area (Å²) in [5.74, 6) is -0.0890. The van der Waals surface area contributed by atoms with Crippen molar-refractivity contribution in [2.45, 2.75) is 11.3 Å². The van der Waals surface area contributed by atoms with Crippen molar-refractivity contribution in [2.24, 2.45) is 0 Å². The van der Waals surface area contributed by atoms with E-state index in [9.17, 15) is 12.8 Å². The number of nitrogens with zero attached hydrogens (tertiary/aromatic N) is 3. The van der Waals surface area contributed by atoms with Crippen LogP contribution in [0.5, 0.6) is 0 Å². The minimum atomic E-state index is -3.45. The number of halogens is 1. The Kier molecular flexibility index (Phi) is 4.42. The van der Waals surface area contributed by atoms with E-state index in [1.807, 2.05) is 0 Å². The average Bonchev–Trinajstić information content (AvgIpc) is 2.94. The van der Waals surface area contributed by atoms with Gasteiger partial charge in [0.1, 0.15) is 0 Å². The molecule has 1 fully saturated rings. The van der Waals surface area contributed by atoms with Crippen LogP contribution >= 0.6 is 11.3 Å². The monoisotopic (exact) mass is 341 g/mol. The molecule has 8 heteroatoms. The van der Waals surface area contributed by atoms with E-state index < -0.39 is 10.0 Å². The van der Waals surface area contributed by atoms with Crippen LogP contribution < -0.4 is 4.90 Å². The zero-order valence-corrected chi connectivity index (χ0v) is 13.5. The summed E-state index contributed by atoms with van der Waals surface area (Å²) in [6.45, 7) is 1.78. The van der Waals surface area contributed by atoms with Crippen LogP contribution in [-0.2, 0) is 10.0 Å². The number of hydrogen-bond donors (Lipinski definition) is 0.